The molecule has 3 amide bonds. The minimum absolute atomic E-state index is 0.135. The fourth-order valence-corrected chi connectivity index (χ4v) is 3.39. The van der Waals surface area contributed by atoms with Gasteiger partial charge in [0.15, 0.2) is 0 Å². The fraction of sp³-hybridized carbons (Fsp3) is 0.130. The van der Waals surface area contributed by atoms with Crippen LogP contribution in [0.2, 0.25) is 0 Å². The first-order valence-electron chi connectivity index (χ1n) is 9.20. The second kappa shape index (κ2) is 7.56. The Morgan fingerprint density at radius 1 is 0.929 bits per heavy atom. The second-order valence-electron chi connectivity index (χ2n) is 6.87. The molecule has 0 spiro atoms. The molecule has 4 rings (SSSR count). The summed E-state index contributed by atoms with van der Waals surface area (Å²) >= 11 is 0. The molecule has 2 N–H and O–H groups in total. The van der Waals surface area contributed by atoms with Crippen LogP contribution in [0.25, 0.3) is 0 Å². The third-order valence-electron chi connectivity index (χ3n) is 4.82. The van der Waals surface area contributed by atoms with Gasteiger partial charge in [0.05, 0.1) is 6.54 Å². The molecule has 1 aliphatic rings. The van der Waals surface area contributed by atoms with Gasteiger partial charge in [0, 0.05) is 16.9 Å². The number of nitrogens with one attached hydrogen (secondary N) is 2. The number of hydrogen-bond acceptors (Lipinski definition) is 2. The first-order chi connectivity index (χ1) is 13.6. The summed E-state index contributed by atoms with van der Waals surface area (Å²) in [4.78, 5) is 27.3. The SMILES string of the molecule is Cc1ccc(NC(=O)N[C@@H]2C(=O)N(Cc3ccccc3)c3ccccc32)cc1. The molecule has 5 heteroatoms. The number of carbonyl (C=O) groups is 2. The van der Waals surface area contributed by atoms with Gasteiger partial charge in [0.2, 0.25) is 0 Å². The van der Waals surface area contributed by atoms with Crippen molar-refractivity contribution in [2.45, 2.75) is 19.5 Å². The van der Waals surface area contributed by atoms with E-state index in [0.717, 1.165) is 22.4 Å². The molecule has 1 heterocycles. The number of fused-ring (bicyclic) bond motifs is 1. The Labute approximate surface area is 164 Å². The molecular weight excluding hydrogens is 350 g/mol. The molecule has 3 aromatic carbocycles. The van der Waals surface area contributed by atoms with Gasteiger partial charge in [-0.2, -0.15) is 0 Å². The molecule has 0 fully saturated rings. The summed E-state index contributed by atoms with van der Waals surface area (Å²) in [6, 6.07) is 23.8. The lowest BCUT2D eigenvalue weighted by molar-refractivity contribution is -0.119. The Morgan fingerprint density at radius 3 is 2.36 bits per heavy atom. The molecule has 0 aliphatic carbocycles. The topological polar surface area (TPSA) is 61.4 Å². The van der Waals surface area contributed by atoms with Crippen LogP contribution in [0.5, 0.6) is 0 Å². The van der Waals surface area contributed by atoms with Gasteiger partial charge in [-0.3, -0.25) is 4.79 Å². The van der Waals surface area contributed by atoms with Gasteiger partial charge in [-0.15, -0.1) is 0 Å². The lowest BCUT2D eigenvalue weighted by Gasteiger charge is -2.18. The van der Waals surface area contributed by atoms with Crippen molar-refractivity contribution >= 4 is 23.3 Å². The van der Waals surface area contributed by atoms with Crippen LogP contribution < -0.4 is 15.5 Å². The largest absolute Gasteiger partial charge is 0.322 e. The minimum Gasteiger partial charge on any atom is -0.322 e. The Balaban J connectivity index is 1.53. The average Bonchev–Trinajstić information content (AvgIpc) is 2.96. The quantitative estimate of drug-likeness (QED) is 0.714. The molecule has 5 nitrogen and oxygen atoms in total. The van der Waals surface area contributed by atoms with Crippen LogP contribution in [0.3, 0.4) is 0 Å². The third-order valence-corrected chi connectivity index (χ3v) is 4.82. The molecule has 0 unspecified atom stereocenters. The maximum atomic E-state index is 13.1. The summed E-state index contributed by atoms with van der Waals surface area (Å²) in [5.41, 5.74) is 4.47. The van der Waals surface area contributed by atoms with E-state index in [1.807, 2.05) is 85.8 Å². The van der Waals surface area contributed by atoms with E-state index in [0.29, 0.717) is 12.2 Å². The number of para-hydroxylation sites is 1. The molecule has 1 aliphatic heterocycles. The highest BCUT2D eigenvalue weighted by atomic mass is 16.2. The first kappa shape index (κ1) is 17.8. The van der Waals surface area contributed by atoms with E-state index in [1.165, 1.54) is 0 Å². The highest BCUT2D eigenvalue weighted by Gasteiger charge is 2.37. The van der Waals surface area contributed by atoms with E-state index in [4.69, 9.17) is 0 Å². The highest BCUT2D eigenvalue weighted by molar-refractivity contribution is 6.07. The van der Waals surface area contributed by atoms with Crippen molar-refractivity contribution in [1.29, 1.82) is 0 Å². The zero-order valence-corrected chi connectivity index (χ0v) is 15.6. The molecular formula is C23H21N3O2. The average molecular weight is 371 g/mol. The van der Waals surface area contributed by atoms with Gasteiger partial charge >= 0.3 is 6.03 Å². The van der Waals surface area contributed by atoms with Gasteiger partial charge in [-0.1, -0.05) is 66.2 Å². The van der Waals surface area contributed by atoms with Crippen LogP contribution >= 0.6 is 0 Å². The summed E-state index contributed by atoms with van der Waals surface area (Å²) < 4.78 is 0. The number of amides is 3. The minimum atomic E-state index is -0.703. The van der Waals surface area contributed by atoms with Gasteiger partial charge < -0.3 is 15.5 Å². The fourth-order valence-electron chi connectivity index (χ4n) is 3.39. The molecule has 3 aromatic rings. The highest BCUT2D eigenvalue weighted by Crippen LogP contribution is 2.36. The Hall–Kier alpha value is -3.60. The van der Waals surface area contributed by atoms with Crippen molar-refractivity contribution in [3.63, 3.8) is 0 Å². The van der Waals surface area contributed by atoms with E-state index in [2.05, 4.69) is 10.6 Å². The third kappa shape index (κ3) is 3.60. The molecule has 0 saturated heterocycles. The smallest absolute Gasteiger partial charge is 0.320 e. The van der Waals surface area contributed by atoms with Crippen LogP contribution in [0.1, 0.15) is 22.7 Å². The van der Waals surface area contributed by atoms with E-state index < -0.39 is 12.1 Å². The summed E-state index contributed by atoms with van der Waals surface area (Å²) in [6.45, 7) is 2.45. The van der Waals surface area contributed by atoms with Crippen LogP contribution in [0.4, 0.5) is 16.2 Å². The first-order valence-corrected chi connectivity index (χ1v) is 9.20. The van der Waals surface area contributed by atoms with Crippen molar-refractivity contribution in [2.75, 3.05) is 10.2 Å². The van der Waals surface area contributed by atoms with Gasteiger partial charge in [-0.25, -0.2) is 4.79 Å². The Morgan fingerprint density at radius 2 is 1.61 bits per heavy atom. The van der Waals surface area contributed by atoms with Gasteiger partial charge in [-0.05, 0) is 30.7 Å². The van der Waals surface area contributed by atoms with E-state index in [1.54, 1.807) is 4.90 Å². The number of hydrogen-bond donors (Lipinski definition) is 2. The van der Waals surface area contributed by atoms with Crippen molar-refractivity contribution in [3.8, 4) is 0 Å². The lowest BCUT2D eigenvalue weighted by atomic mass is 10.1. The van der Waals surface area contributed by atoms with E-state index >= 15 is 0 Å². The lowest BCUT2D eigenvalue weighted by Crippen LogP contribution is -2.39. The Bertz CT molecular complexity index is 1000. The van der Waals surface area contributed by atoms with Crippen LogP contribution in [-0.4, -0.2) is 11.9 Å². The maximum absolute atomic E-state index is 13.1. The van der Waals surface area contributed by atoms with Crippen molar-refractivity contribution < 1.29 is 9.59 Å². The van der Waals surface area contributed by atoms with Crippen molar-refractivity contribution in [3.05, 3.63) is 95.6 Å². The number of rotatable bonds is 4. The predicted molar refractivity (Wildman–Crippen MR) is 110 cm³/mol. The van der Waals surface area contributed by atoms with Crippen LogP contribution in [-0.2, 0) is 11.3 Å². The number of benzene rings is 3. The zero-order valence-electron chi connectivity index (χ0n) is 15.6. The molecule has 0 aromatic heterocycles. The van der Waals surface area contributed by atoms with Gasteiger partial charge in [0.1, 0.15) is 6.04 Å². The number of carbonyl (C=O) groups excluding carboxylic acids is 2. The van der Waals surface area contributed by atoms with Gasteiger partial charge in [0.25, 0.3) is 5.91 Å². The summed E-state index contributed by atoms with van der Waals surface area (Å²) in [7, 11) is 0. The summed E-state index contributed by atoms with van der Waals surface area (Å²) in [6.07, 6.45) is 0. The standard InChI is InChI=1S/C23H21N3O2/c1-16-11-13-18(14-12-16)24-23(28)25-21-19-9-5-6-10-20(19)26(22(21)27)15-17-7-3-2-4-8-17/h2-14,21H,15H2,1H3,(H2,24,25,28)/t21-/m0/s1. The maximum Gasteiger partial charge on any atom is 0.320 e. The monoisotopic (exact) mass is 371 g/mol. The molecule has 0 saturated carbocycles. The van der Waals surface area contributed by atoms with Crippen molar-refractivity contribution in [2.24, 2.45) is 0 Å². The molecule has 0 bridgehead atoms. The number of aryl methyl sites for hydroxylation is 1. The summed E-state index contributed by atoms with van der Waals surface area (Å²) in [5, 5.41) is 5.61. The Kier molecular flexibility index (Phi) is 4.81. The normalized spacial score (nSPS) is 15.2. The molecule has 140 valence electrons. The number of anilines is 2. The summed E-state index contributed by atoms with van der Waals surface area (Å²) in [5.74, 6) is -0.135. The van der Waals surface area contributed by atoms with Crippen LogP contribution in [0.15, 0.2) is 78.9 Å². The van der Waals surface area contributed by atoms with E-state index in [-0.39, 0.29) is 5.91 Å². The van der Waals surface area contributed by atoms with E-state index in [9.17, 15) is 9.59 Å². The number of nitrogens with zero attached hydrogens (tertiary/aromatic N) is 1. The van der Waals surface area contributed by atoms with Crippen molar-refractivity contribution in [1.82, 2.24) is 5.32 Å². The van der Waals surface area contributed by atoms with Crippen LogP contribution in [0, 0.1) is 6.92 Å². The second-order valence-corrected chi connectivity index (χ2v) is 6.87. The number of urea groups is 1. The zero-order chi connectivity index (χ0) is 19.5. The molecule has 0 radical (unpaired) electrons. The predicted octanol–water partition coefficient (Wildman–Crippen LogP) is 4.40. The molecule has 28 heavy (non-hydrogen) atoms. The molecule has 1 atom stereocenters.